The molecule has 3 heteroatoms. The first-order valence-corrected chi connectivity index (χ1v) is 32.5. The quantitative estimate of drug-likeness (QED) is 0.155. The first-order valence-electron chi connectivity index (χ1n) is 32.5. The molecular weight excluding hydrogens is 1100 g/mol. The smallest absolute Gasteiger partial charge is 0.0710 e. The third-order valence-corrected chi connectivity index (χ3v) is 18.3. The molecule has 3 heterocycles. The zero-order valence-electron chi connectivity index (χ0n) is 51.6. The number of hydrogen-bond acceptors (Lipinski definition) is 0. The molecule has 0 bridgehead atoms. The Hall–Kier alpha value is -10.7. The van der Waals surface area contributed by atoms with Gasteiger partial charge >= 0.3 is 0 Å². The summed E-state index contributed by atoms with van der Waals surface area (Å²) < 4.78 is 0. The van der Waals surface area contributed by atoms with Crippen molar-refractivity contribution in [2.45, 2.75) is 64.2 Å². The van der Waals surface area contributed by atoms with Gasteiger partial charge in [0.2, 0.25) is 0 Å². The van der Waals surface area contributed by atoms with Crippen molar-refractivity contribution >= 4 is 65.4 Å². The van der Waals surface area contributed by atoms with Gasteiger partial charge in [-0.1, -0.05) is 317 Å². The van der Waals surface area contributed by atoms with Crippen LogP contribution in [0.25, 0.3) is 87.7 Å². The maximum absolute atomic E-state index is 3.55. The minimum atomic E-state index is 1.03. The fourth-order valence-electron chi connectivity index (χ4n) is 13.7. The summed E-state index contributed by atoms with van der Waals surface area (Å²) in [6, 6.07) is 111. The summed E-state index contributed by atoms with van der Waals surface area (Å²) in [5.41, 5.74) is 27.4. The topological polar surface area (TPSA) is 47.4 Å². The standard InChI is InChI=1S/C19H13N.C18H12N2.C14H12.C13H10.C13H12.C6H6.C5H10/c1-2-6-14-12(5-1)9-13-10-17-15-7-3-4-8-18(15)20-19(17)11-16(13)14;1-3-7-15-11(5-1)13-9-10-14-12-6-2-4-8-16(12)20-18(14)17(13)19-15;1-2-6-12-10-14-8-4-3-7-13(14)9-11(12)5-1;1-3-7-12-10(5-1)9-11-6-2-4-8-13(11)12;1-3-7-12(8-4-1)11-13-9-5-2-6-10-13;1-2-4-6-5-3-1;1-2-4-5-3-1/h1-8,10-11,20H,9H2;1-10,19-20H;1-8H,9-10H2;1-8H,9H2;1-10H,11H2;1-6H;1-5H2. The van der Waals surface area contributed by atoms with Crippen molar-refractivity contribution in [1.29, 1.82) is 0 Å². The summed E-state index contributed by atoms with van der Waals surface area (Å²) in [7, 11) is 0. The summed E-state index contributed by atoms with van der Waals surface area (Å²) in [5.74, 6) is 0. The Balaban J connectivity index is 0.0000000960. The highest BCUT2D eigenvalue weighted by Gasteiger charge is 2.20. The molecule has 0 radical (unpaired) electrons. The summed E-state index contributed by atoms with van der Waals surface area (Å²) in [6.07, 6.45) is 12.9. The van der Waals surface area contributed by atoms with Crippen LogP contribution in [0.3, 0.4) is 0 Å². The molecule has 20 rings (SSSR count). The SMILES string of the molecule is C1CCCC1.c1ccc(Cc2ccccc2)cc1.c1ccc2c(c1)Cc1cc3c(cc1-2)[nH]c1ccccc13.c1ccc2c(c1)Cc1ccccc1-2.c1ccc2c(c1)Cc1ccccc1C2.c1ccc2c(c1)[nH]c1c2ccc2c3ccccc3[nH]c21.c1ccccc1. The van der Waals surface area contributed by atoms with Crippen LogP contribution >= 0.6 is 0 Å². The van der Waals surface area contributed by atoms with E-state index in [9.17, 15) is 0 Å². The maximum Gasteiger partial charge on any atom is 0.0710 e. The first kappa shape index (κ1) is 58.0. The summed E-state index contributed by atoms with van der Waals surface area (Å²) in [6.45, 7) is 0. The number of para-hydroxylation sites is 3. The average Bonchev–Trinajstić information content (AvgIpc) is 1.63. The van der Waals surface area contributed by atoms with Crippen LogP contribution in [0.5, 0.6) is 0 Å². The van der Waals surface area contributed by atoms with Gasteiger partial charge < -0.3 is 15.0 Å². The number of aromatic nitrogens is 3. The Kier molecular flexibility index (Phi) is 17.7. The summed E-state index contributed by atoms with van der Waals surface area (Å²) in [4.78, 5) is 10.6. The Morgan fingerprint density at radius 2 is 0.495 bits per heavy atom. The molecule has 0 amide bonds. The second-order valence-corrected chi connectivity index (χ2v) is 24.3. The number of fused-ring (bicyclic) bond motifs is 18. The lowest BCUT2D eigenvalue weighted by Gasteiger charge is -2.18. The van der Waals surface area contributed by atoms with Gasteiger partial charge in [0.1, 0.15) is 0 Å². The normalized spacial score (nSPS) is 12.5. The Morgan fingerprint density at radius 1 is 0.198 bits per heavy atom. The summed E-state index contributed by atoms with van der Waals surface area (Å²) >= 11 is 0. The molecular formula is C88H75N3. The molecule has 0 unspecified atom stereocenters. The molecule has 442 valence electrons. The summed E-state index contributed by atoms with van der Waals surface area (Å²) in [5, 5.41) is 7.78. The molecule has 0 saturated heterocycles. The van der Waals surface area contributed by atoms with Gasteiger partial charge in [-0.15, -0.1) is 0 Å². The van der Waals surface area contributed by atoms with Crippen molar-refractivity contribution in [3.8, 4) is 22.3 Å². The number of nitrogens with one attached hydrogen (secondary N) is 3. The molecule has 3 nitrogen and oxygen atoms in total. The van der Waals surface area contributed by atoms with E-state index in [1.165, 1.54) is 175 Å². The lowest BCUT2D eigenvalue weighted by atomic mass is 9.86. The first-order chi connectivity index (χ1) is 45.1. The van der Waals surface area contributed by atoms with Crippen LogP contribution in [-0.4, -0.2) is 15.0 Å². The van der Waals surface area contributed by atoms with Gasteiger partial charge in [0, 0.05) is 54.4 Å². The lowest BCUT2D eigenvalue weighted by Crippen LogP contribution is -2.06. The molecule has 91 heavy (non-hydrogen) atoms. The van der Waals surface area contributed by atoms with Crippen LogP contribution in [0.15, 0.2) is 315 Å². The maximum atomic E-state index is 3.55. The predicted octanol–water partition coefficient (Wildman–Crippen LogP) is 23.2. The highest BCUT2D eigenvalue weighted by Crippen LogP contribution is 2.41. The van der Waals surface area contributed by atoms with E-state index in [1.807, 2.05) is 36.4 Å². The molecule has 0 atom stereocenters. The number of H-pyrrole nitrogens is 3. The highest BCUT2D eigenvalue weighted by atomic mass is 14.8. The van der Waals surface area contributed by atoms with Crippen LogP contribution in [0.4, 0.5) is 0 Å². The van der Waals surface area contributed by atoms with E-state index in [1.54, 1.807) is 0 Å². The van der Waals surface area contributed by atoms with E-state index in [0.717, 1.165) is 32.1 Å². The van der Waals surface area contributed by atoms with Crippen LogP contribution < -0.4 is 0 Å². The predicted molar refractivity (Wildman–Crippen MR) is 388 cm³/mol. The second-order valence-electron chi connectivity index (χ2n) is 24.3. The fourth-order valence-corrected chi connectivity index (χ4v) is 13.7. The molecule has 4 aliphatic carbocycles. The molecule has 4 aliphatic rings. The van der Waals surface area contributed by atoms with E-state index in [-0.39, 0.29) is 0 Å². The third kappa shape index (κ3) is 13.2. The minimum absolute atomic E-state index is 1.03. The lowest BCUT2D eigenvalue weighted by molar-refractivity contribution is 0.886. The third-order valence-electron chi connectivity index (χ3n) is 18.3. The zero-order valence-corrected chi connectivity index (χ0v) is 51.6. The molecule has 0 aliphatic heterocycles. The van der Waals surface area contributed by atoms with Gasteiger partial charge in [-0.25, -0.2) is 0 Å². The number of benzene rings is 13. The van der Waals surface area contributed by atoms with Crippen molar-refractivity contribution < 1.29 is 0 Å². The van der Waals surface area contributed by atoms with E-state index in [2.05, 4.69) is 294 Å². The van der Waals surface area contributed by atoms with Crippen molar-refractivity contribution in [1.82, 2.24) is 15.0 Å². The molecule has 1 fully saturated rings. The van der Waals surface area contributed by atoms with Crippen LogP contribution in [0, 0.1) is 0 Å². The Morgan fingerprint density at radius 3 is 0.912 bits per heavy atom. The number of aromatic amines is 3. The second kappa shape index (κ2) is 27.8. The molecule has 16 aromatic rings. The van der Waals surface area contributed by atoms with E-state index >= 15 is 0 Å². The van der Waals surface area contributed by atoms with Crippen LogP contribution in [0.2, 0.25) is 0 Å². The van der Waals surface area contributed by atoms with Gasteiger partial charge in [0.25, 0.3) is 0 Å². The minimum Gasteiger partial charge on any atom is -0.354 e. The van der Waals surface area contributed by atoms with Gasteiger partial charge in [-0.05, 0) is 140 Å². The van der Waals surface area contributed by atoms with Gasteiger partial charge in [0.05, 0.1) is 11.0 Å². The zero-order chi connectivity index (χ0) is 61.0. The molecule has 13 aromatic carbocycles. The molecule has 3 aromatic heterocycles. The fraction of sp³-hybridized carbons (Fsp3) is 0.114. The van der Waals surface area contributed by atoms with Crippen LogP contribution in [0.1, 0.15) is 87.7 Å². The Bertz CT molecular complexity index is 4770. The largest absolute Gasteiger partial charge is 0.354 e. The molecule has 0 spiro atoms. The number of rotatable bonds is 2. The van der Waals surface area contributed by atoms with Crippen LogP contribution in [-0.2, 0) is 32.1 Å². The van der Waals surface area contributed by atoms with Crippen molar-refractivity contribution in [2.24, 2.45) is 0 Å². The molecule has 1 saturated carbocycles. The van der Waals surface area contributed by atoms with E-state index in [4.69, 9.17) is 0 Å². The van der Waals surface area contributed by atoms with Gasteiger partial charge in [-0.2, -0.15) is 0 Å². The van der Waals surface area contributed by atoms with E-state index in [0.29, 0.717) is 0 Å². The van der Waals surface area contributed by atoms with Gasteiger partial charge in [-0.3, -0.25) is 0 Å². The van der Waals surface area contributed by atoms with Gasteiger partial charge in [0.15, 0.2) is 0 Å². The van der Waals surface area contributed by atoms with E-state index < -0.39 is 0 Å². The number of hydrogen-bond donors (Lipinski definition) is 3. The van der Waals surface area contributed by atoms with Crippen molar-refractivity contribution in [3.05, 3.63) is 371 Å². The average molecular weight is 1170 g/mol. The van der Waals surface area contributed by atoms with Crippen molar-refractivity contribution in [3.63, 3.8) is 0 Å². The Labute approximate surface area is 534 Å². The monoisotopic (exact) mass is 1170 g/mol. The molecule has 3 N–H and O–H groups in total. The van der Waals surface area contributed by atoms with Crippen molar-refractivity contribution in [2.75, 3.05) is 0 Å². The highest BCUT2D eigenvalue weighted by molar-refractivity contribution is 6.21.